The Bertz CT molecular complexity index is 530. The summed E-state index contributed by atoms with van der Waals surface area (Å²) in [6, 6.07) is 8.04. The zero-order valence-corrected chi connectivity index (χ0v) is 13.2. The lowest BCUT2D eigenvalue weighted by Crippen LogP contribution is -2.17. The predicted octanol–water partition coefficient (Wildman–Crippen LogP) is 3.47. The van der Waals surface area contributed by atoms with Crippen LogP contribution >= 0.6 is 27.3 Å². The van der Waals surface area contributed by atoms with Gasteiger partial charge in [-0.25, -0.2) is 4.98 Å². The molecule has 1 atom stereocenters. The molecule has 0 aliphatic heterocycles. The van der Waals surface area contributed by atoms with Gasteiger partial charge in [-0.15, -0.1) is 11.3 Å². The highest BCUT2D eigenvalue weighted by Gasteiger charge is 2.13. The number of benzene rings is 1. The molecule has 2 aromatic rings. The van der Waals surface area contributed by atoms with Gasteiger partial charge >= 0.3 is 0 Å². The molecule has 0 bridgehead atoms. The van der Waals surface area contributed by atoms with Crippen LogP contribution in [0, 0.1) is 6.92 Å². The van der Waals surface area contributed by atoms with E-state index in [1.807, 2.05) is 36.7 Å². The molecule has 3 nitrogen and oxygen atoms in total. The average molecular weight is 341 g/mol. The lowest BCUT2D eigenvalue weighted by atomic mass is 10.1. The molecule has 1 aromatic heterocycles. The van der Waals surface area contributed by atoms with Gasteiger partial charge in [0.25, 0.3) is 0 Å². The number of nitrogens with two attached hydrogens (primary N) is 1. The van der Waals surface area contributed by atoms with Gasteiger partial charge in [-0.05, 0) is 18.6 Å². The summed E-state index contributed by atoms with van der Waals surface area (Å²) in [5, 5.41) is 0. The van der Waals surface area contributed by atoms with E-state index in [2.05, 4.69) is 20.9 Å². The molecule has 0 fully saturated rings. The summed E-state index contributed by atoms with van der Waals surface area (Å²) in [6.07, 6.45) is 0.820. The molecular formula is C14H17BrN2OS. The second kappa shape index (κ2) is 7.14. The molecule has 0 aliphatic carbocycles. The number of hydrogen-bond donors (Lipinski definition) is 1. The number of rotatable bonds is 6. The van der Waals surface area contributed by atoms with E-state index < -0.39 is 0 Å². The smallest absolute Gasteiger partial charge is 0.0958 e. The van der Waals surface area contributed by atoms with Gasteiger partial charge in [-0.2, -0.15) is 0 Å². The van der Waals surface area contributed by atoms with Crippen molar-refractivity contribution in [1.82, 2.24) is 4.98 Å². The quantitative estimate of drug-likeness (QED) is 0.875. The van der Waals surface area contributed by atoms with Crippen LogP contribution < -0.4 is 5.73 Å². The maximum atomic E-state index is 5.91. The molecule has 5 heteroatoms. The van der Waals surface area contributed by atoms with E-state index in [9.17, 15) is 0 Å². The molecule has 0 spiro atoms. The van der Waals surface area contributed by atoms with Crippen molar-refractivity contribution in [3.05, 3.63) is 50.4 Å². The monoisotopic (exact) mass is 340 g/mol. The van der Waals surface area contributed by atoms with E-state index >= 15 is 0 Å². The fourth-order valence-corrected chi connectivity index (χ4v) is 3.18. The molecule has 102 valence electrons. The summed E-state index contributed by atoms with van der Waals surface area (Å²) in [5.41, 5.74) is 9.88. The molecule has 2 rings (SSSR count). The molecule has 1 heterocycles. The maximum absolute atomic E-state index is 5.91. The molecule has 19 heavy (non-hydrogen) atoms. The fourth-order valence-electron chi connectivity index (χ4n) is 1.88. The number of halogens is 1. The highest BCUT2D eigenvalue weighted by atomic mass is 79.9. The molecule has 0 saturated carbocycles. The zero-order valence-electron chi connectivity index (χ0n) is 10.8. The maximum Gasteiger partial charge on any atom is 0.0958 e. The second-order valence-electron chi connectivity index (χ2n) is 4.23. The topological polar surface area (TPSA) is 48.1 Å². The van der Waals surface area contributed by atoms with E-state index in [0.29, 0.717) is 13.2 Å². The Hall–Kier alpha value is -0.750. The van der Waals surface area contributed by atoms with Crippen molar-refractivity contribution in [2.45, 2.75) is 19.4 Å². The Balaban J connectivity index is 1.93. The molecule has 1 unspecified atom stereocenters. The average Bonchev–Trinajstić information content (AvgIpc) is 2.82. The van der Waals surface area contributed by atoms with Crippen LogP contribution in [0.4, 0.5) is 0 Å². The van der Waals surface area contributed by atoms with Gasteiger partial charge < -0.3 is 10.5 Å². The third-order valence-electron chi connectivity index (χ3n) is 2.96. The van der Waals surface area contributed by atoms with E-state index in [1.165, 1.54) is 4.88 Å². The van der Waals surface area contributed by atoms with Crippen LogP contribution in [0.1, 0.15) is 22.2 Å². The first-order valence-corrected chi connectivity index (χ1v) is 7.84. The van der Waals surface area contributed by atoms with Crippen molar-refractivity contribution in [2.24, 2.45) is 5.73 Å². The van der Waals surface area contributed by atoms with Crippen LogP contribution in [-0.4, -0.2) is 18.1 Å². The lowest BCUT2D eigenvalue weighted by molar-refractivity contribution is 0.0607. The third kappa shape index (κ3) is 3.86. The van der Waals surface area contributed by atoms with Gasteiger partial charge in [0, 0.05) is 22.3 Å². The zero-order chi connectivity index (χ0) is 13.7. The normalized spacial score (nSPS) is 12.6. The van der Waals surface area contributed by atoms with Crippen LogP contribution in [-0.2, 0) is 11.2 Å². The summed E-state index contributed by atoms with van der Waals surface area (Å²) < 4.78 is 6.95. The molecule has 0 saturated heterocycles. The largest absolute Gasteiger partial charge is 0.372 e. The first kappa shape index (κ1) is 14.7. The van der Waals surface area contributed by atoms with Crippen molar-refractivity contribution in [3.63, 3.8) is 0 Å². The van der Waals surface area contributed by atoms with Crippen molar-refractivity contribution in [2.75, 3.05) is 13.2 Å². The summed E-state index contributed by atoms with van der Waals surface area (Å²) in [6.45, 7) is 3.16. The van der Waals surface area contributed by atoms with Crippen LogP contribution in [0.2, 0.25) is 0 Å². The molecule has 1 aromatic carbocycles. The van der Waals surface area contributed by atoms with Crippen molar-refractivity contribution >= 4 is 27.3 Å². The van der Waals surface area contributed by atoms with Crippen LogP contribution in [0.25, 0.3) is 0 Å². The number of aromatic nitrogens is 1. The molecule has 0 radical (unpaired) electrons. The summed E-state index contributed by atoms with van der Waals surface area (Å²) in [7, 11) is 0. The van der Waals surface area contributed by atoms with Crippen molar-refractivity contribution in [3.8, 4) is 0 Å². The number of ether oxygens (including phenoxy) is 1. The van der Waals surface area contributed by atoms with Crippen molar-refractivity contribution < 1.29 is 4.74 Å². The van der Waals surface area contributed by atoms with Crippen LogP contribution in [0.15, 0.2) is 34.2 Å². The number of hydrogen-bond acceptors (Lipinski definition) is 4. The number of thiazole rings is 1. The summed E-state index contributed by atoms with van der Waals surface area (Å²) >= 11 is 5.21. The minimum atomic E-state index is -0.0659. The molecule has 0 aliphatic rings. The van der Waals surface area contributed by atoms with E-state index in [4.69, 9.17) is 10.5 Å². The second-order valence-corrected chi connectivity index (χ2v) is 6.02. The summed E-state index contributed by atoms with van der Waals surface area (Å²) in [4.78, 5) is 5.52. The van der Waals surface area contributed by atoms with Crippen LogP contribution in [0.3, 0.4) is 0 Å². The number of nitrogens with zero attached hydrogens (tertiary/aromatic N) is 1. The number of aryl methyl sites for hydroxylation is 1. The highest BCUT2D eigenvalue weighted by Crippen LogP contribution is 2.25. The Morgan fingerprint density at radius 3 is 2.84 bits per heavy atom. The van der Waals surface area contributed by atoms with Gasteiger partial charge in [-0.3, -0.25) is 0 Å². The Kier molecular flexibility index (Phi) is 5.51. The van der Waals surface area contributed by atoms with E-state index in [0.717, 1.165) is 22.2 Å². The van der Waals surface area contributed by atoms with E-state index in [-0.39, 0.29) is 6.10 Å². The first-order chi connectivity index (χ1) is 9.22. The van der Waals surface area contributed by atoms with Crippen molar-refractivity contribution in [1.29, 1.82) is 0 Å². The Morgan fingerprint density at radius 2 is 2.21 bits per heavy atom. The summed E-state index contributed by atoms with van der Waals surface area (Å²) in [5.74, 6) is 0. The van der Waals surface area contributed by atoms with Crippen LogP contribution in [0.5, 0.6) is 0 Å². The Morgan fingerprint density at radius 1 is 1.42 bits per heavy atom. The molecule has 2 N–H and O–H groups in total. The van der Waals surface area contributed by atoms with Gasteiger partial charge in [0.15, 0.2) is 0 Å². The van der Waals surface area contributed by atoms with E-state index in [1.54, 1.807) is 11.3 Å². The minimum Gasteiger partial charge on any atom is -0.372 e. The Labute approximate surface area is 125 Å². The standard InChI is InChI=1S/C14H17BrN2OS/c1-10-14(19-9-17-10)6-7-18-13(8-16)11-4-2-3-5-12(11)15/h2-5,9,13H,6-8,16H2,1H3. The van der Waals surface area contributed by atoms with Gasteiger partial charge in [0.2, 0.25) is 0 Å². The first-order valence-electron chi connectivity index (χ1n) is 6.17. The fraction of sp³-hybridized carbons (Fsp3) is 0.357. The molecule has 0 amide bonds. The predicted molar refractivity (Wildman–Crippen MR) is 82.4 cm³/mol. The SMILES string of the molecule is Cc1ncsc1CCOC(CN)c1ccccc1Br. The molecular weight excluding hydrogens is 324 g/mol. The minimum absolute atomic E-state index is 0.0659. The van der Waals surface area contributed by atoms with Gasteiger partial charge in [-0.1, -0.05) is 34.1 Å². The van der Waals surface area contributed by atoms with Gasteiger partial charge in [0.05, 0.1) is 23.9 Å². The highest BCUT2D eigenvalue weighted by molar-refractivity contribution is 9.10. The van der Waals surface area contributed by atoms with Gasteiger partial charge in [0.1, 0.15) is 0 Å². The lowest BCUT2D eigenvalue weighted by Gasteiger charge is -2.17. The third-order valence-corrected chi connectivity index (χ3v) is 4.68.